The second-order valence-corrected chi connectivity index (χ2v) is 5.88. The molecule has 0 radical (unpaired) electrons. The fraction of sp³-hybridized carbons (Fsp3) is 0.733. The van der Waals surface area contributed by atoms with Crippen LogP contribution < -0.4 is 4.84 Å². The SMILES string of the molecule is Clc1nnncc1ON=C1CCCCCCCCCCC1. The van der Waals surface area contributed by atoms with Crippen molar-refractivity contribution in [1.29, 1.82) is 0 Å². The van der Waals surface area contributed by atoms with Crippen LogP contribution in [0.1, 0.15) is 70.6 Å². The van der Waals surface area contributed by atoms with Gasteiger partial charge in [0.15, 0.2) is 0 Å². The molecule has 1 aromatic rings. The lowest BCUT2D eigenvalue weighted by atomic mass is 10.00. The summed E-state index contributed by atoms with van der Waals surface area (Å²) in [5, 5.41) is 15.2. The maximum Gasteiger partial charge on any atom is 0.217 e. The number of nitrogens with zero attached hydrogens (tertiary/aromatic N) is 4. The van der Waals surface area contributed by atoms with Gasteiger partial charge < -0.3 is 4.84 Å². The highest BCUT2D eigenvalue weighted by molar-refractivity contribution is 6.30. The van der Waals surface area contributed by atoms with Gasteiger partial charge in [-0.25, -0.2) is 0 Å². The number of aromatic nitrogens is 3. The molecule has 1 saturated carbocycles. The predicted octanol–water partition coefficient (Wildman–Crippen LogP) is 4.56. The van der Waals surface area contributed by atoms with E-state index in [2.05, 4.69) is 20.6 Å². The van der Waals surface area contributed by atoms with Crippen LogP contribution in [0.3, 0.4) is 0 Å². The molecule has 21 heavy (non-hydrogen) atoms. The summed E-state index contributed by atoms with van der Waals surface area (Å²) < 4.78 is 0. The van der Waals surface area contributed by atoms with E-state index >= 15 is 0 Å². The predicted molar refractivity (Wildman–Crippen MR) is 83.7 cm³/mol. The van der Waals surface area contributed by atoms with Crippen LogP contribution >= 0.6 is 11.6 Å². The molecule has 6 heteroatoms. The van der Waals surface area contributed by atoms with Crippen molar-refractivity contribution in [2.75, 3.05) is 0 Å². The van der Waals surface area contributed by atoms with Crippen molar-refractivity contribution in [3.63, 3.8) is 0 Å². The Labute approximate surface area is 131 Å². The van der Waals surface area contributed by atoms with Gasteiger partial charge in [0.2, 0.25) is 10.9 Å². The molecule has 0 bridgehead atoms. The third-order valence-corrected chi connectivity index (χ3v) is 4.03. The van der Waals surface area contributed by atoms with Gasteiger partial charge >= 0.3 is 0 Å². The van der Waals surface area contributed by atoms with E-state index in [1.54, 1.807) is 0 Å². The van der Waals surface area contributed by atoms with E-state index in [0.29, 0.717) is 5.75 Å². The largest absolute Gasteiger partial charge is 0.352 e. The number of hydrogen-bond donors (Lipinski definition) is 0. The van der Waals surface area contributed by atoms with E-state index in [-0.39, 0.29) is 5.15 Å². The smallest absolute Gasteiger partial charge is 0.217 e. The lowest BCUT2D eigenvalue weighted by Gasteiger charge is -2.09. The molecule has 0 amide bonds. The van der Waals surface area contributed by atoms with Crippen LogP contribution in [0.25, 0.3) is 0 Å². The summed E-state index contributed by atoms with van der Waals surface area (Å²) in [7, 11) is 0. The van der Waals surface area contributed by atoms with Crippen LogP contribution in [0.5, 0.6) is 5.75 Å². The maximum atomic E-state index is 5.88. The molecule has 0 aliphatic heterocycles. The van der Waals surface area contributed by atoms with Crippen molar-refractivity contribution in [2.24, 2.45) is 5.16 Å². The third-order valence-electron chi connectivity index (χ3n) is 3.77. The fourth-order valence-electron chi connectivity index (χ4n) is 2.53. The monoisotopic (exact) mass is 310 g/mol. The highest BCUT2D eigenvalue weighted by atomic mass is 35.5. The molecule has 2 rings (SSSR count). The van der Waals surface area contributed by atoms with Crippen molar-refractivity contribution in [3.8, 4) is 5.75 Å². The Balaban J connectivity index is 1.90. The minimum atomic E-state index is 0.197. The summed E-state index contributed by atoms with van der Waals surface area (Å²) in [4.78, 5) is 5.39. The quantitative estimate of drug-likeness (QED) is 0.751. The standard InChI is InChI=1S/C15H23ClN4O/c16-15-14(12-17-20-18-15)21-19-13-10-8-6-4-2-1-3-5-7-9-11-13/h12H,1-11H2. The van der Waals surface area contributed by atoms with Crippen molar-refractivity contribution in [3.05, 3.63) is 11.3 Å². The molecule has 1 heterocycles. The molecule has 5 nitrogen and oxygen atoms in total. The molecule has 1 aromatic heterocycles. The van der Waals surface area contributed by atoms with Gasteiger partial charge in [-0.15, -0.1) is 10.2 Å². The Bertz CT molecular complexity index is 439. The van der Waals surface area contributed by atoms with Gasteiger partial charge in [0.1, 0.15) is 6.20 Å². The Morgan fingerprint density at radius 2 is 1.48 bits per heavy atom. The maximum absolute atomic E-state index is 5.88. The Morgan fingerprint density at radius 1 is 0.905 bits per heavy atom. The molecule has 0 saturated heterocycles. The lowest BCUT2D eigenvalue weighted by Crippen LogP contribution is -2.03. The lowest BCUT2D eigenvalue weighted by molar-refractivity contribution is 0.333. The summed E-state index contributed by atoms with van der Waals surface area (Å²) in [6.07, 6.45) is 15.2. The molecule has 0 atom stereocenters. The van der Waals surface area contributed by atoms with Crippen LogP contribution in [-0.2, 0) is 0 Å². The van der Waals surface area contributed by atoms with Crippen molar-refractivity contribution < 1.29 is 4.84 Å². The Morgan fingerprint density at radius 3 is 2.05 bits per heavy atom. The zero-order valence-corrected chi connectivity index (χ0v) is 13.2. The summed E-state index contributed by atoms with van der Waals surface area (Å²) in [5.41, 5.74) is 1.11. The van der Waals surface area contributed by atoms with E-state index < -0.39 is 0 Å². The van der Waals surface area contributed by atoms with E-state index in [1.807, 2.05) is 0 Å². The zero-order valence-electron chi connectivity index (χ0n) is 12.4. The number of oxime groups is 1. The van der Waals surface area contributed by atoms with Gasteiger partial charge in [-0.05, 0) is 30.9 Å². The first-order valence-corrected chi connectivity index (χ1v) is 8.30. The van der Waals surface area contributed by atoms with E-state index in [4.69, 9.17) is 16.4 Å². The van der Waals surface area contributed by atoms with E-state index in [9.17, 15) is 0 Å². The zero-order chi connectivity index (χ0) is 14.8. The van der Waals surface area contributed by atoms with E-state index in [1.165, 1.54) is 64.0 Å². The van der Waals surface area contributed by atoms with Gasteiger partial charge in [-0.1, -0.05) is 61.7 Å². The average Bonchev–Trinajstić information content (AvgIpc) is 2.48. The summed E-state index contributed by atoms with van der Waals surface area (Å²) >= 11 is 5.88. The highest BCUT2D eigenvalue weighted by Crippen LogP contribution is 2.20. The third kappa shape index (κ3) is 6.38. The van der Waals surface area contributed by atoms with Crippen LogP contribution in [0.15, 0.2) is 11.4 Å². The first kappa shape index (κ1) is 16.1. The first-order chi connectivity index (χ1) is 10.4. The van der Waals surface area contributed by atoms with Crippen LogP contribution in [0.4, 0.5) is 0 Å². The number of halogens is 1. The second-order valence-electron chi connectivity index (χ2n) is 5.52. The molecule has 0 spiro atoms. The highest BCUT2D eigenvalue weighted by Gasteiger charge is 2.06. The molecule has 1 aliphatic carbocycles. The topological polar surface area (TPSA) is 60.3 Å². The summed E-state index contributed by atoms with van der Waals surface area (Å²) in [6, 6.07) is 0. The fourth-order valence-corrected chi connectivity index (χ4v) is 2.65. The van der Waals surface area contributed by atoms with Crippen LogP contribution in [0.2, 0.25) is 5.15 Å². The van der Waals surface area contributed by atoms with Crippen molar-refractivity contribution in [2.45, 2.75) is 70.6 Å². The molecule has 1 aliphatic rings. The van der Waals surface area contributed by atoms with Gasteiger partial charge in [-0.3, -0.25) is 0 Å². The molecular weight excluding hydrogens is 288 g/mol. The molecule has 1 fully saturated rings. The minimum absolute atomic E-state index is 0.197. The van der Waals surface area contributed by atoms with Gasteiger partial charge in [0.25, 0.3) is 0 Å². The normalized spacial score (nSPS) is 18.4. The van der Waals surface area contributed by atoms with Gasteiger partial charge in [0.05, 0.1) is 5.71 Å². The Hall–Kier alpha value is -1.23. The van der Waals surface area contributed by atoms with Gasteiger partial charge in [-0.2, -0.15) is 0 Å². The van der Waals surface area contributed by atoms with E-state index in [0.717, 1.165) is 18.6 Å². The molecule has 116 valence electrons. The summed E-state index contributed by atoms with van der Waals surface area (Å²) in [6.45, 7) is 0. The van der Waals surface area contributed by atoms with Gasteiger partial charge in [0, 0.05) is 0 Å². The molecule has 0 N–H and O–H groups in total. The minimum Gasteiger partial charge on any atom is -0.352 e. The van der Waals surface area contributed by atoms with Crippen molar-refractivity contribution in [1.82, 2.24) is 15.4 Å². The molecule has 0 aromatic carbocycles. The van der Waals surface area contributed by atoms with Crippen LogP contribution in [0, 0.1) is 0 Å². The van der Waals surface area contributed by atoms with Crippen molar-refractivity contribution >= 4 is 17.3 Å². The number of hydrogen-bond acceptors (Lipinski definition) is 5. The second kappa shape index (κ2) is 9.66. The number of rotatable bonds is 2. The summed E-state index contributed by atoms with van der Waals surface area (Å²) in [5.74, 6) is 0.366. The first-order valence-electron chi connectivity index (χ1n) is 7.93. The molecular formula is C15H23ClN4O. The Kier molecular flexibility index (Phi) is 7.43. The molecule has 0 unspecified atom stereocenters. The van der Waals surface area contributed by atoms with Crippen LogP contribution in [-0.4, -0.2) is 21.1 Å². The average molecular weight is 311 g/mol.